The summed E-state index contributed by atoms with van der Waals surface area (Å²) in [5.41, 5.74) is 0.866. The highest BCUT2D eigenvalue weighted by atomic mass is 35.5. The molecule has 17 heavy (non-hydrogen) atoms. The molecular weight excluding hydrogens is 239 g/mol. The molecule has 1 unspecified atom stereocenters. The highest BCUT2D eigenvalue weighted by Crippen LogP contribution is 2.19. The Kier molecular flexibility index (Phi) is 5.89. The molecular formula is C13H20ClFN2. The molecule has 1 aromatic rings. The van der Waals surface area contributed by atoms with Crippen LogP contribution in [0.15, 0.2) is 18.2 Å². The van der Waals surface area contributed by atoms with Crippen LogP contribution in [0.2, 0.25) is 5.02 Å². The van der Waals surface area contributed by atoms with Gasteiger partial charge in [-0.15, -0.1) is 0 Å². The molecule has 0 spiro atoms. The molecule has 0 amide bonds. The molecule has 0 fully saturated rings. The number of nitrogens with zero attached hydrogens (tertiary/aromatic N) is 1. The van der Waals surface area contributed by atoms with Crippen LogP contribution in [0.25, 0.3) is 0 Å². The van der Waals surface area contributed by atoms with Crippen LogP contribution in [0.3, 0.4) is 0 Å². The van der Waals surface area contributed by atoms with Gasteiger partial charge in [-0.05, 0) is 64.3 Å². The molecule has 1 N–H and O–H groups in total. The third kappa shape index (κ3) is 5.02. The Bertz CT molecular complexity index is 355. The van der Waals surface area contributed by atoms with Crippen molar-refractivity contribution < 1.29 is 4.39 Å². The lowest BCUT2D eigenvalue weighted by molar-refractivity contribution is 0.364. The summed E-state index contributed by atoms with van der Waals surface area (Å²) < 4.78 is 13.1. The quantitative estimate of drug-likeness (QED) is 0.844. The highest BCUT2D eigenvalue weighted by Gasteiger charge is 2.11. The van der Waals surface area contributed by atoms with Crippen LogP contribution in [-0.4, -0.2) is 38.6 Å². The predicted octanol–water partition coefficient (Wildman–Crippen LogP) is 2.56. The molecule has 0 radical (unpaired) electrons. The van der Waals surface area contributed by atoms with Crippen molar-refractivity contribution in [3.63, 3.8) is 0 Å². The maximum absolute atomic E-state index is 13.1. The second kappa shape index (κ2) is 6.94. The van der Waals surface area contributed by atoms with E-state index in [0.717, 1.165) is 24.9 Å². The molecule has 4 heteroatoms. The first-order valence-electron chi connectivity index (χ1n) is 5.79. The summed E-state index contributed by atoms with van der Waals surface area (Å²) in [6, 6.07) is 4.84. The maximum Gasteiger partial charge on any atom is 0.123 e. The van der Waals surface area contributed by atoms with Crippen LogP contribution >= 0.6 is 11.6 Å². The van der Waals surface area contributed by atoms with Crippen LogP contribution in [0.4, 0.5) is 4.39 Å². The van der Waals surface area contributed by atoms with Crippen molar-refractivity contribution in [3.8, 4) is 0 Å². The average molecular weight is 259 g/mol. The van der Waals surface area contributed by atoms with Gasteiger partial charge in [0.1, 0.15) is 5.82 Å². The van der Waals surface area contributed by atoms with Crippen LogP contribution in [0, 0.1) is 5.82 Å². The van der Waals surface area contributed by atoms with E-state index in [1.807, 2.05) is 21.1 Å². The summed E-state index contributed by atoms with van der Waals surface area (Å²) in [6.45, 7) is 0.998. The molecule has 0 aliphatic carbocycles. The minimum absolute atomic E-state index is 0.230. The Balaban J connectivity index is 2.63. The first-order chi connectivity index (χ1) is 8.02. The van der Waals surface area contributed by atoms with Gasteiger partial charge in [0.05, 0.1) is 0 Å². The molecule has 0 bridgehead atoms. The van der Waals surface area contributed by atoms with Crippen molar-refractivity contribution in [2.75, 3.05) is 27.7 Å². The molecule has 0 saturated heterocycles. The second-order valence-corrected chi connectivity index (χ2v) is 4.92. The van der Waals surface area contributed by atoms with Gasteiger partial charge in [0.25, 0.3) is 0 Å². The van der Waals surface area contributed by atoms with Gasteiger partial charge in [-0.1, -0.05) is 11.6 Å². The van der Waals surface area contributed by atoms with Crippen LogP contribution in [0.5, 0.6) is 0 Å². The fourth-order valence-corrected chi connectivity index (χ4v) is 1.92. The molecule has 1 atom stereocenters. The van der Waals surface area contributed by atoms with Crippen molar-refractivity contribution in [2.24, 2.45) is 0 Å². The van der Waals surface area contributed by atoms with E-state index in [0.29, 0.717) is 11.1 Å². The summed E-state index contributed by atoms with van der Waals surface area (Å²) >= 11 is 6.06. The van der Waals surface area contributed by atoms with Crippen LogP contribution < -0.4 is 5.32 Å². The van der Waals surface area contributed by atoms with Gasteiger partial charge in [-0.3, -0.25) is 0 Å². The van der Waals surface area contributed by atoms with Gasteiger partial charge in [0, 0.05) is 11.1 Å². The lowest BCUT2D eigenvalue weighted by atomic mass is 10.0. The van der Waals surface area contributed by atoms with E-state index in [1.165, 1.54) is 12.1 Å². The van der Waals surface area contributed by atoms with Crippen molar-refractivity contribution in [1.82, 2.24) is 10.2 Å². The minimum Gasteiger partial charge on any atom is -0.317 e. The maximum atomic E-state index is 13.1. The number of rotatable bonds is 6. The Morgan fingerprint density at radius 3 is 2.71 bits per heavy atom. The van der Waals surface area contributed by atoms with Gasteiger partial charge in [0.15, 0.2) is 0 Å². The largest absolute Gasteiger partial charge is 0.317 e. The van der Waals surface area contributed by atoms with E-state index < -0.39 is 0 Å². The number of hydrogen-bond acceptors (Lipinski definition) is 2. The van der Waals surface area contributed by atoms with Gasteiger partial charge < -0.3 is 10.2 Å². The number of nitrogens with one attached hydrogen (secondary N) is 1. The molecule has 0 aliphatic rings. The zero-order chi connectivity index (χ0) is 12.8. The van der Waals surface area contributed by atoms with E-state index in [9.17, 15) is 4.39 Å². The topological polar surface area (TPSA) is 15.3 Å². The molecule has 0 saturated carbocycles. The monoisotopic (exact) mass is 258 g/mol. The second-order valence-electron chi connectivity index (χ2n) is 4.52. The van der Waals surface area contributed by atoms with Crippen molar-refractivity contribution in [3.05, 3.63) is 34.6 Å². The highest BCUT2D eigenvalue weighted by molar-refractivity contribution is 6.31. The van der Waals surface area contributed by atoms with Gasteiger partial charge in [-0.2, -0.15) is 0 Å². The SMILES string of the molecule is CNC(CCN(C)C)Cc1cc(F)ccc1Cl. The molecule has 96 valence electrons. The Morgan fingerprint density at radius 1 is 1.41 bits per heavy atom. The number of hydrogen-bond donors (Lipinski definition) is 1. The summed E-state index contributed by atoms with van der Waals surface area (Å²) in [5.74, 6) is -0.230. The summed E-state index contributed by atoms with van der Waals surface area (Å²) in [5, 5.41) is 3.88. The first-order valence-corrected chi connectivity index (χ1v) is 6.16. The Labute approximate surface area is 108 Å². The number of halogens is 2. The van der Waals surface area contributed by atoms with Crippen LogP contribution in [0.1, 0.15) is 12.0 Å². The minimum atomic E-state index is -0.230. The summed E-state index contributed by atoms with van der Waals surface area (Å²) in [7, 11) is 6.01. The lowest BCUT2D eigenvalue weighted by Crippen LogP contribution is -2.31. The first kappa shape index (κ1) is 14.4. The molecule has 2 nitrogen and oxygen atoms in total. The van der Waals surface area contributed by atoms with E-state index in [-0.39, 0.29) is 5.82 Å². The standard InChI is InChI=1S/C13H20ClFN2/c1-16-12(6-7-17(2)3)9-10-8-11(15)4-5-13(10)14/h4-5,8,12,16H,6-7,9H2,1-3H3. The Morgan fingerprint density at radius 2 is 2.12 bits per heavy atom. The molecule has 0 aliphatic heterocycles. The fourth-order valence-electron chi connectivity index (χ4n) is 1.73. The van der Waals surface area contributed by atoms with E-state index >= 15 is 0 Å². The van der Waals surface area contributed by atoms with E-state index in [1.54, 1.807) is 6.07 Å². The van der Waals surface area contributed by atoms with E-state index in [4.69, 9.17) is 11.6 Å². The molecule has 0 heterocycles. The zero-order valence-electron chi connectivity index (χ0n) is 10.6. The summed E-state index contributed by atoms with van der Waals surface area (Å²) in [4.78, 5) is 2.14. The Hall–Kier alpha value is -0.640. The normalized spacial score (nSPS) is 13.1. The molecule has 0 aromatic heterocycles. The van der Waals surface area contributed by atoms with Crippen LogP contribution in [-0.2, 0) is 6.42 Å². The molecule has 1 aromatic carbocycles. The van der Waals surface area contributed by atoms with Gasteiger partial charge in [-0.25, -0.2) is 4.39 Å². The predicted molar refractivity (Wildman–Crippen MR) is 71.1 cm³/mol. The number of benzene rings is 1. The van der Waals surface area contributed by atoms with Gasteiger partial charge in [0.2, 0.25) is 0 Å². The third-order valence-electron chi connectivity index (χ3n) is 2.81. The third-order valence-corrected chi connectivity index (χ3v) is 3.18. The zero-order valence-corrected chi connectivity index (χ0v) is 11.4. The molecule has 1 rings (SSSR count). The van der Waals surface area contributed by atoms with Crippen molar-refractivity contribution in [2.45, 2.75) is 18.9 Å². The van der Waals surface area contributed by atoms with Crippen molar-refractivity contribution >= 4 is 11.6 Å². The van der Waals surface area contributed by atoms with Gasteiger partial charge >= 0.3 is 0 Å². The smallest absolute Gasteiger partial charge is 0.123 e. The lowest BCUT2D eigenvalue weighted by Gasteiger charge is -2.19. The van der Waals surface area contributed by atoms with E-state index in [2.05, 4.69) is 10.2 Å². The summed E-state index contributed by atoms with van der Waals surface area (Å²) in [6.07, 6.45) is 1.76. The number of likely N-dealkylation sites (N-methyl/N-ethyl adjacent to an activating group) is 1. The van der Waals surface area contributed by atoms with Crippen molar-refractivity contribution in [1.29, 1.82) is 0 Å². The fraction of sp³-hybridized carbons (Fsp3) is 0.538. The average Bonchev–Trinajstić information content (AvgIpc) is 2.28.